The van der Waals surface area contributed by atoms with Crippen LogP contribution in [0.1, 0.15) is 40.7 Å². The fourth-order valence-electron chi connectivity index (χ4n) is 2.67. The zero-order valence-corrected chi connectivity index (χ0v) is 11.8. The van der Waals surface area contributed by atoms with E-state index in [2.05, 4.69) is 5.32 Å². The van der Waals surface area contributed by atoms with Gasteiger partial charge in [0, 0.05) is 17.6 Å². The molecule has 0 aromatic heterocycles. The van der Waals surface area contributed by atoms with Gasteiger partial charge in [-0.15, -0.1) is 0 Å². The lowest BCUT2D eigenvalue weighted by atomic mass is 10.0. The largest absolute Gasteiger partial charge is 0.496 e. The van der Waals surface area contributed by atoms with E-state index >= 15 is 0 Å². The second-order valence-corrected chi connectivity index (χ2v) is 5.31. The van der Waals surface area contributed by atoms with Gasteiger partial charge in [0.15, 0.2) is 0 Å². The molecule has 19 heavy (non-hydrogen) atoms. The summed E-state index contributed by atoms with van der Waals surface area (Å²) in [6.07, 6.45) is 2.84. The van der Waals surface area contributed by atoms with E-state index in [-0.39, 0.29) is 18.0 Å². The maximum Gasteiger partial charge on any atom is 0.251 e. The van der Waals surface area contributed by atoms with Gasteiger partial charge in [-0.1, -0.05) is 0 Å². The van der Waals surface area contributed by atoms with E-state index in [1.807, 2.05) is 26.0 Å². The van der Waals surface area contributed by atoms with Crippen LogP contribution in [0.4, 0.5) is 0 Å². The highest BCUT2D eigenvalue weighted by molar-refractivity contribution is 5.96. The molecule has 4 heteroatoms. The van der Waals surface area contributed by atoms with Gasteiger partial charge in [0.05, 0.1) is 7.11 Å². The van der Waals surface area contributed by atoms with Crippen LogP contribution in [0.2, 0.25) is 0 Å². The van der Waals surface area contributed by atoms with E-state index in [9.17, 15) is 4.79 Å². The van der Waals surface area contributed by atoms with Crippen LogP contribution in [0, 0.1) is 13.8 Å². The molecule has 1 amide bonds. The zero-order valence-electron chi connectivity index (χ0n) is 11.8. The molecule has 0 bridgehead atoms. The normalized spacial score (nSPS) is 22.3. The molecule has 2 unspecified atom stereocenters. The van der Waals surface area contributed by atoms with Gasteiger partial charge in [-0.3, -0.25) is 4.79 Å². The second kappa shape index (κ2) is 5.61. The molecule has 2 rings (SSSR count). The maximum absolute atomic E-state index is 12.3. The van der Waals surface area contributed by atoms with Gasteiger partial charge in [0.1, 0.15) is 5.75 Å². The smallest absolute Gasteiger partial charge is 0.251 e. The molecule has 1 aromatic rings. The summed E-state index contributed by atoms with van der Waals surface area (Å²) in [5.41, 5.74) is 8.57. The molecule has 1 aliphatic carbocycles. The SMILES string of the molecule is COc1ccc(C(=O)NC2CCC(N)C2)c(C)c1C. The first-order valence-electron chi connectivity index (χ1n) is 6.73. The highest BCUT2D eigenvalue weighted by atomic mass is 16.5. The molecule has 0 aliphatic heterocycles. The molecule has 2 atom stereocenters. The number of nitrogens with two attached hydrogens (primary N) is 1. The third-order valence-corrected chi connectivity index (χ3v) is 4.01. The Morgan fingerprint density at radius 2 is 2.05 bits per heavy atom. The van der Waals surface area contributed by atoms with E-state index in [0.29, 0.717) is 0 Å². The molecular formula is C15H22N2O2. The number of methoxy groups -OCH3 is 1. The number of rotatable bonds is 3. The third-order valence-electron chi connectivity index (χ3n) is 4.01. The molecule has 0 heterocycles. The first kappa shape index (κ1) is 13.9. The standard InChI is InChI=1S/C15H22N2O2/c1-9-10(2)14(19-3)7-6-13(9)15(18)17-12-5-4-11(16)8-12/h6-7,11-12H,4-5,8,16H2,1-3H3,(H,17,18). The molecule has 1 fully saturated rings. The Hall–Kier alpha value is -1.55. The van der Waals surface area contributed by atoms with E-state index in [1.165, 1.54) is 0 Å². The number of ether oxygens (including phenoxy) is 1. The summed E-state index contributed by atoms with van der Waals surface area (Å²) in [7, 11) is 1.64. The van der Waals surface area contributed by atoms with Crippen molar-refractivity contribution in [3.05, 3.63) is 28.8 Å². The summed E-state index contributed by atoms with van der Waals surface area (Å²) in [4.78, 5) is 12.3. The van der Waals surface area contributed by atoms with Gasteiger partial charge in [-0.25, -0.2) is 0 Å². The fraction of sp³-hybridized carbons (Fsp3) is 0.533. The molecule has 0 radical (unpaired) electrons. The second-order valence-electron chi connectivity index (χ2n) is 5.31. The number of nitrogens with one attached hydrogen (secondary N) is 1. The summed E-state index contributed by atoms with van der Waals surface area (Å²) in [5.74, 6) is 0.805. The first-order valence-corrected chi connectivity index (χ1v) is 6.73. The minimum Gasteiger partial charge on any atom is -0.496 e. The molecule has 0 spiro atoms. The van der Waals surface area contributed by atoms with Crippen molar-refractivity contribution in [1.29, 1.82) is 0 Å². The Balaban J connectivity index is 2.13. The van der Waals surface area contributed by atoms with Crippen molar-refractivity contribution in [3.8, 4) is 5.75 Å². The van der Waals surface area contributed by atoms with Crippen molar-refractivity contribution >= 4 is 5.91 Å². The molecule has 1 aromatic carbocycles. The van der Waals surface area contributed by atoms with Crippen molar-refractivity contribution < 1.29 is 9.53 Å². The first-order chi connectivity index (χ1) is 9.02. The monoisotopic (exact) mass is 262 g/mol. The number of carbonyl (C=O) groups excluding carboxylic acids is 1. The summed E-state index contributed by atoms with van der Waals surface area (Å²) in [6, 6.07) is 4.11. The van der Waals surface area contributed by atoms with Crippen LogP contribution in [0.3, 0.4) is 0 Å². The highest BCUT2D eigenvalue weighted by Gasteiger charge is 2.24. The van der Waals surface area contributed by atoms with Gasteiger partial charge in [0.2, 0.25) is 0 Å². The predicted molar refractivity (Wildman–Crippen MR) is 75.5 cm³/mol. The summed E-state index contributed by atoms with van der Waals surface area (Å²) >= 11 is 0. The molecule has 3 N–H and O–H groups in total. The molecule has 0 saturated heterocycles. The van der Waals surface area contributed by atoms with E-state index in [0.717, 1.165) is 41.7 Å². The Kier molecular flexibility index (Phi) is 4.10. The topological polar surface area (TPSA) is 64.3 Å². The predicted octanol–water partition coefficient (Wildman–Crippen LogP) is 1.92. The van der Waals surface area contributed by atoms with Crippen molar-refractivity contribution in [3.63, 3.8) is 0 Å². The average molecular weight is 262 g/mol. The highest BCUT2D eigenvalue weighted by Crippen LogP contribution is 2.24. The summed E-state index contributed by atoms with van der Waals surface area (Å²) in [5, 5.41) is 3.07. The number of carbonyl (C=O) groups is 1. The van der Waals surface area contributed by atoms with Crippen LogP contribution >= 0.6 is 0 Å². The maximum atomic E-state index is 12.3. The van der Waals surface area contributed by atoms with Crippen LogP contribution in [-0.2, 0) is 0 Å². The van der Waals surface area contributed by atoms with Crippen LogP contribution in [0.5, 0.6) is 5.75 Å². The zero-order chi connectivity index (χ0) is 14.0. The number of hydrogen-bond donors (Lipinski definition) is 2. The van der Waals surface area contributed by atoms with Gasteiger partial charge in [-0.2, -0.15) is 0 Å². The molecule has 1 saturated carbocycles. The van der Waals surface area contributed by atoms with Gasteiger partial charge >= 0.3 is 0 Å². The fourth-order valence-corrected chi connectivity index (χ4v) is 2.67. The van der Waals surface area contributed by atoms with E-state index in [4.69, 9.17) is 10.5 Å². The van der Waals surface area contributed by atoms with Crippen molar-refractivity contribution in [1.82, 2.24) is 5.32 Å². The lowest BCUT2D eigenvalue weighted by Gasteiger charge is -2.16. The Morgan fingerprint density at radius 1 is 1.32 bits per heavy atom. The Bertz CT molecular complexity index is 485. The van der Waals surface area contributed by atoms with Crippen LogP contribution in [0.25, 0.3) is 0 Å². The minimum absolute atomic E-state index is 0.0117. The molecular weight excluding hydrogens is 240 g/mol. The van der Waals surface area contributed by atoms with Gasteiger partial charge in [0.25, 0.3) is 5.91 Å². The minimum atomic E-state index is -0.0117. The summed E-state index contributed by atoms with van der Waals surface area (Å²) in [6.45, 7) is 3.92. The Morgan fingerprint density at radius 3 is 2.63 bits per heavy atom. The van der Waals surface area contributed by atoms with Crippen molar-refractivity contribution in [2.24, 2.45) is 5.73 Å². The van der Waals surface area contributed by atoms with Crippen LogP contribution < -0.4 is 15.8 Å². The van der Waals surface area contributed by atoms with Crippen LogP contribution in [-0.4, -0.2) is 25.1 Å². The van der Waals surface area contributed by atoms with Crippen molar-refractivity contribution in [2.75, 3.05) is 7.11 Å². The van der Waals surface area contributed by atoms with Gasteiger partial charge in [-0.05, 0) is 56.4 Å². The summed E-state index contributed by atoms with van der Waals surface area (Å²) < 4.78 is 5.26. The lowest BCUT2D eigenvalue weighted by Crippen LogP contribution is -2.34. The Labute approximate surface area is 114 Å². The number of benzene rings is 1. The number of amides is 1. The average Bonchev–Trinajstić information content (AvgIpc) is 2.78. The number of hydrogen-bond acceptors (Lipinski definition) is 3. The quantitative estimate of drug-likeness (QED) is 0.874. The molecule has 1 aliphatic rings. The van der Waals surface area contributed by atoms with E-state index in [1.54, 1.807) is 7.11 Å². The third kappa shape index (κ3) is 2.89. The van der Waals surface area contributed by atoms with E-state index < -0.39 is 0 Å². The lowest BCUT2D eigenvalue weighted by molar-refractivity contribution is 0.0937. The van der Waals surface area contributed by atoms with Crippen LogP contribution in [0.15, 0.2) is 12.1 Å². The van der Waals surface area contributed by atoms with Gasteiger partial charge < -0.3 is 15.8 Å². The molecule has 104 valence electrons. The van der Waals surface area contributed by atoms with Crippen molar-refractivity contribution in [2.45, 2.75) is 45.2 Å². The molecule has 4 nitrogen and oxygen atoms in total.